The Hall–Kier alpha value is -0.430. The lowest BCUT2D eigenvalue weighted by molar-refractivity contribution is 0.190. The molecule has 0 unspecified atom stereocenters. The molecule has 2 heterocycles. The van der Waals surface area contributed by atoms with Crippen molar-refractivity contribution in [1.29, 1.82) is 0 Å². The Morgan fingerprint density at radius 1 is 1.35 bits per heavy atom. The molecule has 2 rings (SSSR count). The molecule has 17 heavy (non-hydrogen) atoms. The van der Waals surface area contributed by atoms with Crippen molar-refractivity contribution in [1.82, 2.24) is 13.8 Å². The van der Waals surface area contributed by atoms with Crippen LogP contribution in [0.1, 0.15) is 5.56 Å². The van der Waals surface area contributed by atoms with Gasteiger partial charge in [-0.25, -0.2) is 4.31 Å². The summed E-state index contributed by atoms with van der Waals surface area (Å²) in [7, 11) is 3.28. The van der Waals surface area contributed by atoms with Crippen LogP contribution in [0.15, 0.2) is 23.1 Å². The highest BCUT2D eigenvalue weighted by atomic mass is 33.1. The minimum absolute atomic E-state index is 0.0621. The zero-order valence-electron chi connectivity index (χ0n) is 9.87. The van der Waals surface area contributed by atoms with E-state index in [1.54, 1.807) is 17.7 Å². The van der Waals surface area contributed by atoms with Crippen molar-refractivity contribution in [3.63, 3.8) is 0 Å². The molecule has 4 nitrogen and oxygen atoms in total. The maximum Gasteiger partial charge on any atom is 0.250 e. The average Bonchev–Trinajstić information content (AvgIpc) is 2.35. The third-order valence-electron chi connectivity index (χ3n) is 3.02. The molecule has 1 aliphatic rings. The summed E-state index contributed by atoms with van der Waals surface area (Å²) in [5, 5.41) is 0. The smallest absolute Gasteiger partial charge is 0.250 e. The van der Waals surface area contributed by atoms with Gasteiger partial charge in [0.15, 0.2) is 0 Å². The number of aryl methyl sites for hydroxylation is 1. The normalized spacial score (nSPS) is 18.5. The fourth-order valence-electron chi connectivity index (χ4n) is 1.92. The van der Waals surface area contributed by atoms with Gasteiger partial charge in [-0.2, -0.15) is 0 Å². The van der Waals surface area contributed by atoms with Crippen molar-refractivity contribution >= 4 is 22.6 Å². The molecule has 1 saturated heterocycles. The highest BCUT2D eigenvalue weighted by Gasteiger charge is 2.16. The lowest BCUT2D eigenvalue weighted by Gasteiger charge is -2.32. The summed E-state index contributed by atoms with van der Waals surface area (Å²) >= 11 is 4.20. The van der Waals surface area contributed by atoms with Crippen LogP contribution in [0.3, 0.4) is 0 Å². The van der Waals surface area contributed by atoms with E-state index in [2.05, 4.69) is 20.9 Å². The molecule has 0 aromatic carbocycles. The molecule has 1 fully saturated rings. The molecule has 6 heteroatoms. The van der Waals surface area contributed by atoms with Gasteiger partial charge in [0.25, 0.3) is 5.56 Å². The predicted molar refractivity (Wildman–Crippen MR) is 75.1 cm³/mol. The molecule has 1 aromatic rings. The molecule has 0 N–H and O–H groups in total. The number of pyridine rings is 1. The van der Waals surface area contributed by atoms with E-state index in [4.69, 9.17) is 0 Å². The second-order valence-electron chi connectivity index (χ2n) is 4.27. The van der Waals surface area contributed by atoms with Gasteiger partial charge in [0, 0.05) is 52.0 Å². The van der Waals surface area contributed by atoms with Gasteiger partial charge in [-0.15, -0.1) is 0 Å². The first-order chi connectivity index (χ1) is 8.19. The van der Waals surface area contributed by atoms with Gasteiger partial charge in [-0.3, -0.25) is 9.69 Å². The molecular weight excluding hydrogens is 254 g/mol. The second kappa shape index (κ2) is 5.95. The molecular formula is C11H17N3OS2. The van der Waals surface area contributed by atoms with Gasteiger partial charge >= 0.3 is 0 Å². The van der Waals surface area contributed by atoms with E-state index in [-0.39, 0.29) is 5.56 Å². The number of piperazine rings is 1. The molecule has 0 aliphatic carbocycles. The monoisotopic (exact) mass is 271 g/mol. The van der Waals surface area contributed by atoms with E-state index in [9.17, 15) is 4.79 Å². The van der Waals surface area contributed by atoms with Crippen LogP contribution in [0.4, 0.5) is 0 Å². The summed E-state index contributed by atoms with van der Waals surface area (Å²) in [5.74, 6) is 0. The predicted octanol–water partition coefficient (Wildman–Crippen LogP) is 0.996. The van der Waals surface area contributed by atoms with Gasteiger partial charge in [0.1, 0.15) is 0 Å². The Morgan fingerprint density at radius 3 is 2.65 bits per heavy atom. The zero-order valence-corrected chi connectivity index (χ0v) is 11.6. The number of rotatable bonds is 3. The Morgan fingerprint density at radius 2 is 2.06 bits per heavy atom. The fourth-order valence-corrected chi connectivity index (χ4v) is 2.73. The largest absolute Gasteiger partial charge is 0.319 e. The van der Waals surface area contributed by atoms with E-state index in [0.29, 0.717) is 0 Å². The van der Waals surface area contributed by atoms with Gasteiger partial charge in [-0.1, -0.05) is 11.7 Å². The van der Waals surface area contributed by atoms with Gasteiger partial charge in [-0.05, 0) is 22.6 Å². The molecule has 0 amide bonds. The van der Waals surface area contributed by atoms with Crippen molar-refractivity contribution in [2.45, 2.75) is 6.54 Å². The van der Waals surface area contributed by atoms with Crippen LogP contribution in [-0.4, -0.2) is 40.0 Å². The Bertz CT molecular complexity index is 427. The van der Waals surface area contributed by atoms with Gasteiger partial charge in [0.05, 0.1) is 0 Å². The fraction of sp³-hybridized carbons (Fsp3) is 0.545. The van der Waals surface area contributed by atoms with Crippen molar-refractivity contribution < 1.29 is 0 Å². The maximum atomic E-state index is 11.5. The van der Waals surface area contributed by atoms with E-state index in [0.717, 1.165) is 38.3 Å². The Labute approximate surface area is 111 Å². The summed E-state index contributed by atoms with van der Waals surface area (Å²) in [6, 6.07) is 3.74. The second-order valence-corrected chi connectivity index (χ2v) is 5.44. The van der Waals surface area contributed by atoms with Crippen molar-refractivity contribution in [3.8, 4) is 0 Å². The third kappa shape index (κ3) is 3.51. The molecule has 0 radical (unpaired) electrons. The van der Waals surface area contributed by atoms with Crippen LogP contribution in [0.5, 0.6) is 0 Å². The van der Waals surface area contributed by atoms with Crippen LogP contribution in [-0.2, 0) is 13.6 Å². The van der Waals surface area contributed by atoms with E-state index in [1.807, 2.05) is 12.3 Å². The first-order valence-corrected chi connectivity index (χ1v) is 7.46. The van der Waals surface area contributed by atoms with E-state index >= 15 is 0 Å². The van der Waals surface area contributed by atoms with E-state index < -0.39 is 0 Å². The molecule has 94 valence electrons. The van der Waals surface area contributed by atoms with Crippen LogP contribution in [0, 0.1) is 0 Å². The van der Waals surface area contributed by atoms with Crippen LogP contribution in [0.2, 0.25) is 0 Å². The standard InChI is InChI=1S/C11H17N3OS2/c1-12-3-2-10(8-11(12)15)9-13-4-6-14(17-16)7-5-13/h2-3,8,16H,4-7,9H2,1H3. The van der Waals surface area contributed by atoms with Gasteiger partial charge < -0.3 is 4.57 Å². The molecule has 0 bridgehead atoms. The Balaban J connectivity index is 1.93. The molecule has 0 saturated carbocycles. The number of nitrogens with zero attached hydrogens (tertiary/aromatic N) is 3. The third-order valence-corrected chi connectivity index (χ3v) is 4.31. The number of hydrogen-bond acceptors (Lipinski definition) is 5. The Kier molecular flexibility index (Phi) is 4.55. The summed E-state index contributed by atoms with van der Waals surface area (Å²) in [5.41, 5.74) is 1.16. The number of hydrogen-bond donors (Lipinski definition) is 1. The first kappa shape index (κ1) is 13.0. The summed E-state index contributed by atoms with van der Waals surface area (Å²) < 4.78 is 3.84. The molecule has 0 spiro atoms. The molecule has 0 atom stereocenters. The maximum absolute atomic E-state index is 11.5. The lowest BCUT2D eigenvalue weighted by Crippen LogP contribution is -2.42. The van der Waals surface area contributed by atoms with Crippen molar-refractivity contribution in [2.75, 3.05) is 26.2 Å². The van der Waals surface area contributed by atoms with Crippen molar-refractivity contribution in [2.24, 2.45) is 7.05 Å². The summed E-state index contributed by atoms with van der Waals surface area (Å²) in [4.78, 5) is 13.9. The molecule has 1 aromatic heterocycles. The average molecular weight is 271 g/mol. The highest BCUT2D eigenvalue weighted by molar-refractivity contribution is 8.67. The minimum Gasteiger partial charge on any atom is -0.319 e. The quantitative estimate of drug-likeness (QED) is 0.504. The summed E-state index contributed by atoms with van der Waals surface area (Å²) in [6.07, 6.45) is 1.83. The SMILES string of the molecule is Cn1ccc(CN2CCN(SS)CC2)cc1=O. The van der Waals surface area contributed by atoms with Crippen LogP contribution >= 0.6 is 22.6 Å². The topological polar surface area (TPSA) is 28.5 Å². The van der Waals surface area contributed by atoms with E-state index in [1.165, 1.54) is 11.0 Å². The van der Waals surface area contributed by atoms with Gasteiger partial charge in [0.2, 0.25) is 0 Å². The van der Waals surface area contributed by atoms with Crippen LogP contribution in [0.25, 0.3) is 0 Å². The highest BCUT2D eigenvalue weighted by Crippen LogP contribution is 2.17. The number of aromatic nitrogens is 1. The number of thiol groups is 1. The zero-order chi connectivity index (χ0) is 12.3. The summed E-state index contributed by atoms with van der Waals surface area (Å²) in [6.45, 7) is 4.98. The molecule has 1 aliphatic heterocycles. The van der Waals surface area contributed by atoms with Crippen LogP contribution < -0.4 is 5.56 Å². The lowest BCUT2D eigenvalue weighted by atomic mass is 10.2. The minimum atomic E-state index is 0.0621. The first-order valence-electron chi connectivity index (χ1n) is 5.63. The van der Waals surface area contributed by atoms with Crippen molar-refractivity contribution in [3.05, 3.63) is 34.2 Å².